The minimum absolute atomic E-state index is 0.0212. The van der Waals surface area contributed by atoms with Gasteiger partial charge in [0.25, 0.3) is 5.91 Å². The number of amides is 1. The van der Waals surface area contributed by atoms with Crippen molar-refractivity contribution in [1.29, 1.82) is 0 Å². The van der Waals surface area contributed by atoms with Gasteiger partial charge < -0.3 is 10.0 Å². The van der Waals surface area contributed by atoms with Gasteiger partial charge in [-0.25, -0.2) is 9.97 Å². The number of aryl methyl sites for hydroxylation is 1. The van der Waals surface area contributed by atoms with Crippen LogP contribution in [0.2, 0.25) is 0 Å². The lowest BCUT2D eigenvalue weighted by Gasteiger charge is -2.39. The van der Waals surface area contributed by atoms with E-state index in [1.54, 1.807) is 19.2 Å². The van der Waals surface area contributed by atoms with Crippen molar-refractivity contribution in [2.75, 3.05) is 26.2 Å². The third-order valence-corrected chi connectivity index (χ3v) is 4.51. The minimum Gasteiger partial charge on any atom is -0.391 e. The molecule has 2 atom stereocenters. The van der Waals surface area contributed by atoms with E-state index < -0.39 is 0 Å². The number of carbonyl (C=O) groups is 1. The summed E-state index contributed by atoms with van der Waals surface area (Å²) in [6.07, 6.45) is 4.51. The molecule has 6 heteroatoms. The Balaban J connectivity index is 1.59. The molecule has 1 N–H and O–H groups in total. The third-order valence-electron chi connectivity index (χ3n) is 4.51. The Morgan fingerprint density at radius 2 is 2.05 bits per heavy atom. The Bertz CT molecular complexity index is 514. The molecule has 1 saturated heterocycles. The molecule has 1 aliphatic heterocycles. The van der Waals surface area contributed by atoms with E-state index in [0.29, 0.717) is 24.6 Å². The molecule has 2 aliphatic rings. The van der Waals surface area contributed by atoms with Crippen LogP contribution in [-0.2, 0) is 0 Å². The number of carbonyl (C=O) groups excluding carboxylic acids is 1. The van der Waals surface area contributed by atoms with Gasteiger partial charge in [0.1, 0.15) is 11.5 Å². The van der Waals surface area contributed by atoms with Crippen molar-refractivity contribution >= 4 is 5.91 Å². The van der Waals surface area contributed by atoms with E-state index in [0.717, 1.165) is 32.4 Å². The molecule has 2 heterocycles. The molecule has 6 nitrogen and oxygen atoms in total. The van der Waals surface area contributed by atoms with Gasteiger partial charge in [-0.3, -0.25) is 9.69 Å². The number of hydrogen-bond donors (Lipinski definition) is 1. The number of nitrogens with zero attached hydrogens (tertiary/aromatic N) is 4. The largest absolute Gasteiger partial charge is 0.391 e. The van der Waals surface area contributed by atoms with Crippen molar-refractivity contribution in [2.45, 2.75) is 38.3 Å². The van der Waals surface area contributed by atoms with E-state index in [-0.39, 0.29) is 18.1 Å². The quantitative estimate of drug-likeness (QED) is 0.857. The number of aromatic nitrogens is 2. The molecular formula is C15H22N4O2. The van der Waals surface area contributed by atoms with Gasteiger partial charge in [0.2, 0.25) is 0 Å². The molecule has 0 radical (unpaired) electrons. The molecule has 0 spiro atoms. The fourth-order valence-corrected chi connectivity index (χ4v) is 3.34. The smallest absolute Gasteiger partial charge is 0.272 e. The average Bonchev–Trinajstić information content (AvgIpc) is 2.93. The van der Waals surface area contributed by atoms with Gasteiger partial charge in [0, 0.05) is 38.4 Å². The zero-order chi connectivity index (χ0) is 14.8. The second-order valence-electron chi connectivity index (χ2n) is 5.88. The van der Waals surface area contributed by atoms with Gasteiger partial charge >= 0.3 is 0 Å². The highest BCUT2D eigenvalue weighted by atomic mass is 16.3. The molecule has 1 amide bonds. The summed E-state index contributed by atoms with van der Waals surface area (Å²) in [7, 11) is 0. The Hall–Kier alpha value is -1.53. The highest BCUT2D eigenvalue weighted by molar-refractivity contribution is 5.92. The van der Waals surface area contributed by atoms with Crippen molar-refractivity contribution in [1.82, 2.24) is 19.8 Å². The van der Waals surface area contributed by atoms with Crippen molar-refractivity contribution in [3.05, 3.63) is 23.8 Å². The summed E-state index contributed by atoms with van der Waals surface area (Å²) in [6.45, 7) is 4.85. The first-order chi connectivity index (χ1) is 10.1. The van der Waals surface area contributed by atoms with E-state index in [1.165, 1.54) is 0 Å². The van der Waals surface area contributed by atoms with E-state index in [2.05, 4.69) is 14.9 Å². The molecule has 1 aromatic heterocycles. The fourth-order valence-electron chi connectivity index (χ4n) is 3.34. The molecule has 21 heavy (non-hydrogen) atoms. The predicted octanol–water partition coefficient (Wildman–Crippen LogP) is 0.456. The topological polar surface area (TPSA) is 69.6 Å². The maximum Gasteiger partial charge on any atom is 0.272 e. The van der Waals surface area contributed by atoms with Gasteiger partial charge in [0.15, 0.2) is 0 Å². The van der Waals surface area contributed by atoms with Gasteiger partial charge in [-0.15, -0.1) is 0 Å². The summed E-state index contributed by atoms with van der Waals surface area (Å²) in [6, 6.07) is 1.95. The molecular weight excluding hydrogens is 268 g/mol. The van der Waals surface area contributed by atoms with Crippen molar-refractivity contribution in [3.63, 3.8) is 0 Å². The number of hydrogen-bond acceptors (Lipinski definition) is 5. The number of rotatable bonds is 2. The zero-order valence-electron chi connectivity index (χ0n) is 12.4. The third kappa shape index (κ3) is 3.06. The van der Waals surface area contributed by atoms with Crippen molar-refractivity contribution in [2.24, 2.45) is 0 Å². The van der Waals surface area contributed by atoms with Crippen LogP contribution in [0.15, 0.2) is 12.3 Å². The average molecular weight is 290 g/mol. The van der Waals surface area contributed by atoms with Crippen LogP contribution >= 0.6 is 0 Å². The SMILES string of the molecule is Cc1nccc(C(=O)N2CCN([C@@H]3CCC[C@H]3O)CC2)n1. The Kier molecular flexibility index (Phi) is 4.17. The van der Waals surface area contributed by atoms with E-state index in [4.69, 9.17) is 0 Å². The Morgan fingerprint density at radius 3 is 2.67 bits per heavy atom. The lowest BCUT2D eigenvalue weighted by Crippen LogP contribution is -2.53. The normalized spacial score (nSPS) is 27.0. The molecule has 0 unspecified atom stereocenters. The first kappa shape index (κ1) is 14.4. The van der Waals surface area contributed by atoms with Crippen LogP contribution in [0, 0.1) is 6.92 Å². The minimum atomic E-state index is -0.197. The summed E-state index contributed by atoms with van der Waals surface area (Å²) in [5.74, 6) is 0.598. The van der Waals surface area contributed by atoms with E-state index in [1.807, 2.05) is 4.90 Å². The number of piperazine rings is 1. The lowest BCUT2D eigenvalue weighted by molar-refractivity contribution is 0.0313. The summed E-state index contributed by atoms with van der Waals surface area (Å²) < 4.78 is 0. The van der Waals surface area contributed by atoms with Gasteiger partial charge in [-0.1, -0.05) is 0 Å². The Labute approximate surface area is 124 Å². The number of aliphatic hydroxyl groups is 1. The van der Waals surface area contributed by atoms with Gasteiger partial charge in [-0.2, -0.15) is 0 Å². The van der Waals surface area contributed by atoms with Crippen LogP contribution < -0.4 is 0 Å². The molecule has 3 rings (SSSR count). The monoisotopic (exact) mass is 290 g/mol. The summed E-state index contributed by atoms with van der Waals surface area (Å²) in [5.41, 5.74) is 0.469. The van der Waals surface area contributed by atoms with Crippen LogP contribution in [0.5, 0.6) is 0 Å². The summed E-state index contributed by atoms with van der Waals surface area (Å²) >= 11 is 0. The number of aliphatic hydroxyl groups excluding tert-OH is 1. The fraction of sp³-hybridized carbons (Fsp3) is 0.667. The standard InChI is InChI=1S/C15H22N4O2/c1-11-16-6-5-12(17-11)15(21)19-9-7-18(8-10-19)13-3-2-4-14(13)20/h5-6,13-14,20H,2-4,7-10H2,1H3/t13-,14-/m1/s1. The lowest BCUT2D eigenvalue weighted by atomic mass is 10.1. The highest BCUT2D eigenvalue weighted by Gasteiger charge is 2.33. The maximum absolute atomic E-state index is 12.4. The van der Waals surface area contributed by atoms with Crippen LogP contribution in [0.1, 0.15) is 35.6 Å². The molecule has 1 aliphatic carbocycles. The van der Waals surface area contributed by atoms with E-state index in [9.17, 15) is 9.90 Å². The summed E-state index contributed by atoms with van der Waals surface area (Å²) in [4.78, 5) is 24.8. The van der Waals surface area contributed by atoms with E-state index >= 15 is 0 Å². The molecule has 2 fully saturated rings. The molecule has 0 aromatic carbocycles. The van der Waals surface area contributed by atoms with Crippen molar-refractivity contribution in [3.8, 4) is 0 Å². The molecule has 0 bridgehead atoms. The molecule has 1 saturated carbocycles. The molecule has 1 aromatic rings. The van der Waals surface area contributed by atoms with Gasteiger partial charge in [0.05, 0.1) is 6.10 Å². The maximum atomic E-state index is 12.4. The van der Waals surface area contributed by atoms with Crippen LogP contribution in [0.4, 0.5) is 0 Å². The van der Waals surface area contributed by atoms with Crippen LogP contribution in [0.25, 0.3) is 0 Å². The highest BCUT2D eigenvalue weighted by Crippen LogP contribution is 2.25. The summed E-state index contributed by atoms with van der Waals surface area (Å²) in [5, 5.41) is 9.99. The van der Waals surface area contributed by atoms with Crippen LogP contribution in [0.3, 0.4) is 0 Å². The van der Waals surface area contributed by atoms with Crippen LogP contribution in [-0.4, -0.2) is 69.1 Å². The second kappa shape index (κ2) is 6.07. The first-order valence-corrected chi connectivity index (χ1v) is 7.66. The Morgan fingerprint density at radius 1 is 1.29 bits per heavy atom. The predicted molar refractivity (Wildman–Crippen MR) is 77.9 cm³/mol. The zero-order valence-corrected chi connectivity index (χ0v) is 12.4. The second-order valence-corrected chi connectivity index (χ2v) is 5.88. The first-order valence-electron chi connectivity index (χ1n) is 7.66. The molecule has 114 valence electrons. The van der Waals surface area contributed by atoms with Gasteiger partial charge in [-0.05, 0) is 32.3 Å². The van der Waals surface area contributed by atoms with Crippen molar-refractivity contribution < 1.29 is 9.90 Å².